The second-order valence-corrected chi connectivity index (χ2v) is 3.93. The van der Waals surface area contributed by atoms with E-state index in [1.165, 1.54) is 31.4 Å². The molecule has 0 bridgehead atoms. The highest BCUT2D eigenvalue weighted by atomic mass is 35.5. The number of nitrogens with one attached hydrogen (secondary N) is 1. The van der Waals surface area contributed by atoms with Crippen LogP contribution in [-0.2, 0) is 0 Å². The molecule has 0 heterocycles. The number of halogens is 1. The Balaban J connectivity index is 3.25. The molecule has 0 aromatic heterocycles. The summed E-state index contributed by atoms with van der Waals surface area (Å²) in [6.07, 6.45) is 7.06. The predicted molar refractivity (Wildman–Crippen MR) is 55.3 cm³/mol. The fraction of sp³-hybridized carbons (Fsp3) is 1.00. The molecule has 0 spiro atoms. The van der Waals surface area contributed by atoms with E-state index in [4.69, 9.17) is 11.8 Å². The first kappa shape index (κ1) is 11.6. The molecule has 0 saturated heterocycles. The molecule has 0 fully saturated rings. The number of thioether (sulfide) groups is 1. The fourth-order valence-electron chi connectivity index (χ4n) is 0.964. The van der Waals surface area contributed by atoms with E-state index in [1.807, 2.05) is 11.8 Å². The van der Waals surface area contributed by atoms with Crippen LogP contribution in [0.3, 0.4) is 0 Å². The Bertz CT molecular complexity index is 72.5. The Kier molecular flexibility index (Phi) is 9.17. The number of unbranched alkanes of at least 4 members (excludes halogenated alkanes) is 1. The Morgan fingerprint density at radius 2 is 2.18 bits per heavy atom. The first-order valence-electron chi connectivity index (χ1n) is 4.20. The average Bonchev–Trinajstić information content (AvgIpc) is 2.05. The van der Waals surface area contributed by atoms with Gasteiger partial charge in [-0.05, 0) is 36.6 Å². The van der Waals surface area contributed by atoms with Crippen LogP contribution in [0.5, 0.6) is 0 Å². The van der Waals surface area contributed by atoms with Gasteiger partial charge in [-0.15, -0.1) is 0 Å². The summed E-state index contributed by atoms with van der Waals surface area (Å²) in [5.41, 5.74) is 0. The summed E-state index contributed by atoms with van der Waals surface area (Å²) in [6, 6.07) is 0.518. The van der Waals surface area contributed by atoms with E-state index in [2.05, 4.69) is 18.0 Å². The topological polar surface area (TPSA) is 12.0 Å². The minimum absolute atomic E-state index is 0.518. The van der Waals surface area contributed by atoms with Crippen molar-refractivity contribution in [2.24, 2.45) is 0 Å². The third-order valence-corrected chi connectivity index (χ3v) is 2.68. The summed E-state index contributed by atoms with van der Waals surface area (Å²) in [5, 5.41) is 0. The predicted octanol–water partition coefficient (Wildman–Crippen LogP) is 3.04. The van der Waals surface area contributed by atoms with Crippen LogP contribution >= 0.6 is 23.5 Å². The number of rotatable bonds is 7. The van der Waals surface area contributed by atoms with Gasteiger partial charge in [-0.2, -0.15) is 11.8 Å². The zero-order chi connectivity index (χ0) is 8.53. The van der Waals surface area contributed by atoms with E-state index < -0.39 is 0 Å². The van der Waals surface area contributed by atoms with Gasteiger partial charge in [0, 0.05) is 6.04 Å². The van der Waals surface area contributed by atoms with Crippen LogP contribution < -0.4 is 4.84 Å². The minimum Gasteiger partial charge on any atom is -0.230 e. The van der Waals surface area contributed by atoms with Gasteiger partial charge in [0.05, 0.1) is 0 Å². The largest absolute Gasteiger partial charge is 0.230 e. The summed E-state index contributed by atoms with van der Waals surface area (Å²) in [6.45, 7) is 2.21. The summed E-state index contributed by atoms with van der Waals surface area (Å²) < 4.78 is 0. The summed E-state index contributed by atoms with van der Waals surface area (Å²) >= 11 is 7.46. The highest BCUT2D eigenvalue weighted by Crippen LogP contribution is 2.08. The van der Waals surface area contributed by atoms with Gasteiger partial charge in [0.15, 0.2) is 0 Å². The fourth-order valence-corrected chi connectivity index (χ4v) is 1.70. The molecule has 0 amide bonds. The third kappa shape index (κ3) is 6.98. The smallest absolute Gasteiger partial charge is 0.0228 e. The van der Waals surface area contributed by atoms with Crippen LogP contribution in [-0.4, -0.2) is 18.1 Å². The molecule has 0 aliphatic heterocycles. The zero-order valence-electron chi connectivity index (χ0n) is 7.40. The molecule has 11 heavy (non-hydrogen) atoms. The SMILES string of the molecule is CCCC[C@@H](CCSC)NCl. The zero-order valence-corrected chi connectivity index (χ0v) is 8.97. The Morgan fingerprint density at radius 1 is 1.45 bits per heavy atom. The lowest BCUT2D eigenvalue weighted by Gasteiger charge is -2.12. The standard InChI is InChI=1S/C8H18ClNS/c1-3-4-5-8(10-9)6-7-11-2/h8,10H,3-7H2,1-2H3/t8-/m0/s1. The molecular weight excluding hydrogens is 178 g/mol. The van der Waals surface area contributed by atoms with E-state index in [-0.39, 0.29) is 0 Å². The molecule has 0 rings (SSSR count). The first-order chi connectivity index (χ1) is 5.35. The van der Waals surface area contributed by atoms with Gasteiger partial charge in [0.2, 0.25) is 0 Å². The molecule has 0 aliphatic carbocycles. The normalized spacial score (nSPS) is 13.4. The third-order valence-electron chi connectivity index (χ3n) is 1.73. The average molecular weight is 196 g/mol. The first-order valence-corrected chi connectivity index (χ1v) is 5.97. The summed E-state index contributed by atoms with van der Waals surface area (Å²) in [4.78, 5) is 2.83. The van der Waals surface area contributed by atoms with E-state index in [9.17, 15) is 0 Å². The van der Waals surface area contributed by atoms with Crippen LogP contribution in [0.15, 0.2) is 0 Å². The molecule has 3 heteroatoms. The van der Waals surface area contributed by atoms with Gasteiger partial charge >= 0.3 is 0 Å². The molecule has 1 nitrogen and oxygen atoms in total. The monoisotopic (exact) mass is 195 g/mol. The second kappa shape index (κ2) is 8.69. The van der Waals surface area contributed by atoms with Crippen LogP contribution in [0.25, 0.3) is 0 Å². The molecular formula is C8H18ClNS. The lowest BCUT2D eigenvalue weighted by atomic mass is 10.1. The molecule has 1 atom stereocenters. The van der Waals surface area contributed by atoms with Crippen molar-refractivity contribution in [3.8, 4) is 0 Å². The van der Waals surface area contributed by atoms with Crippen molar-refractivity contribution in [2.45, 2.75) is 38.6 Å². The lowest BCUT2D eigenvalue weighted by Crippen LogP contribution is -2.21. The van der Waals surface area contributed by atoms with Crippen molar-refractivity contribution in [3.05, 3.63) is 0 Å². The van der Waals surface area contributed by atoms with E-state index >= 15 is 0 Å². The van der Waals surface area contributed by atoms with Crippen molar-refractivity contribution in [2.75, 3.05) is 12.0 Å². The van der Waals surface area contributed by atoms with Crippen LogP contribution in [0, 0.1) is 0 Å². The van der Waals surface area contributed by atoms with Crippen molar-refractivity contribution in [1.29, 1.82) is 0 Å². The van der Waals surface area contributed by atoms with Gasteiger partial charge in [-0.25, -0.2) is 4.84 Å². The van der Waals surface area contributed by atoms with Gasteiger partial charge in [-0.3, -0.25) is 0 Å². The Hall–Kier alpha value is 0.600. The van der Waals surface area contributed by atoms with Gasteiger partial charge in [0.25, 0.3) is 0 Å². The van der Waals surface area contributed by atoms with Crippen molar-refractivity contribution in [1.82, 2.24) is 4.84 Å². The van der Waals surface area contributed by atoms with Crippen molar-refractivity contribution >= 4 is 23.5 Å². The van der Waals surface area contributed by atoms with Crippen LogP contribution in [0.1, 0.15) is 32.6 Å². The molecule has 0 aromatic rings. The number of hydrogen-bond donors (Lipinski definition) is 1. The van der Waals surface area contributed by atoms with E-state index in [0.717, 1.165) is 0 Å². The second-order valence-electron chi connectivity index (χ2n) is 2.73. The van der Waals surface area contributed by atoms with Gasteiger partial charge in [0.1, 0.15) is 0 Å². The van der Waals surface area contributed by atoms with Crippen molar-refractivity contribution in [3.63, 3.8) is 0 Å². The highest BCUT2D eigenvalue weighted by molar-refractivity contribution is 7.98. The molecule has 0 saturated carbocycles. The van der Waals surface area contributed by atoms with Gasteiger partial charge in [-0.1, -0.05) is 19.8 Å². The summed E-state index contributed by atoms with van der Waals surface area (Å²) in [7, 11) is 0. The highest BCUT2D eigenvalue weighted by Gasteiger charge is 2.04. The van der Waals surface area contributed by atoms with E-state index in [0.29, 0.717) is 6.04 Å². The maximum absolute atomic E-state index is 5.58. The lowest BCUT2D eigenvalue weighted by molar-refractivity contribution is 0.533. The van der Waals surface area contributed by atoms with Crippen molar-refractivity contribution < 1.29 is 0 Å². The molecule has 0 aliphatic rings. The Labute approximate surface area is 79.4 Å². The minimum atomic E-state index is 0.518. The molecule has 1 N–H and O–H groups in total. The molecule has 0 aromatic carbocycles. The number of hydrogen-bond acceptors (Lipinski definition) is 2. The molecule has 0 radical (unpaired) electrons. The van der Waals surface area contributed by atoms with Crippen LogP contribution in [0.2, 0.25) is 0 Å². The summed E-state index contributed by atoms with van der Waals surface area (Å²) in [5.74, 6) is 1.20. The maximum atomic E-state index is 5.58. The quantitative estimate of drug-likeness (QED) is 0.627. The molecule has 0 unspecified atom stereocenters. The van der Waals surface area contributed by atoms with Crippen LogP contribution in [0.4, 0.5) is 0 Å². The molecule has 68 valence electrons. The maximum Gasteiger partial charge on any atom is 0.0228 e. The van der Waals surface area contributed by atoms with Gasteiger partial charge < -0.3 is 0 Å². The van der Waals surface area contributed by atoms with E-state index in [1.54, 1.807) is 0 Å². The Morgan fingerprint density at radius 3 is 2.64 bits per heavy atom.